The number of aliphatic hydroxyl groups is 3. The molecule has 0 aliphatic rings. The van der Waals surface area contributed by atoms with Gasteiger partial charge >= 0.3 is 5.97 Å². The minimum absolute atomic E-state index is 0.104. The quantitative estimate of drug-likeness (QED) is 0.691. The van der Waals surface area contributed by atoms with Gasteiger partial charge < -0.3 is 20.1 Å². The van der Waals surface area contributed by atoms with Crippen LogP contribution < -0.4 is 0 Å². The van der Waals surface area contributed by atoms with Crippen molar-refractivity contribution in [3.05, 3.63) is 34.3 Å². The molecule has 1 rings (SSSR count). The largest absolute Gasteiger partial charge is 0.464 e. The predicted octanol–water partition coefficient (Wildman–Crippen LogP) is 0.790. The topological polar surface area (TPSA) is 87.0 Å². The molecule has 5 nitrogen and oxygen atoms in total. The van der Waals surface area contributed by atoms with E-state index in [1.54, 1.807) is 13.0 Å². The number of halogens is 1. The van der Waals surface area contributed by atoms with Crippen molar-refractivity contribution in [1.29, 1.82) is 0 Å². The van der Waals surface area contributed by atoms with Crippen LogP contribution in [0.2, 0.25) is 5.02 Å². The summed E-state index contributed by atoms with van der Waals surface area (Å²) >= 11 is 5.87. The Hall–Kier alpha value is -1.14. The van der Waals surface area contributed by atoms with Crippen LogP contribution in [0, 0.1) is 0 Å². The lowest BCUT2D eigenvalue weighted by molar-refractivity contribution is -0.159. The minimum Gasteiger partial charge on any atom is -0.464 e. The van der Waals surface area contributed by atoms with Gasteiger partial charge in [-0.1, -0.05) is 17.7 Å². The van der Waals surface area contributed by atoms with Crippen LogP contribution in [0.1, 0.15) is 24.2 Å². The van der Waals surface area contributed by atoms with Crippen molar-refractivity contribution in [2.24, 2.45) is 0 Å². The first-order valence-electron chi connectivity index (χ1n) is 5.43. The van der Waals surface area contributed by atoms with E-state index < -0.39 is 18.2 Å². The Morgan fingerprint density at radius 1 is 1.44 bits per heavy atom. The molecule has 0 aliphatic carbocycles. The Balaban J connectivity index is 2.95. The number of esters is 1. The third-order valence-corrected chi connectivity index (χ3v) is 2.73. The number of aliphatic hydroxyl groups excluding tert-OH is 3. The summed E-state index contributed by atoms with van der Waals surface area (Å²) in [5, 5.41) is 28.7. The van der Waals surface area contributed by atoms with E-state index in [0.717, 1.165) is 0 Å². The van der Waals surface area contributed by atoms with Crippen molar-refractivity contribution in [3.63, 3.8) is 0 Å². The summed E-state index contributed by atoms with van der Waals surface area (Å²) in [6, 6.07) is 4.48. The van der Waals surface area contributed by atoms with E-state index in [0.29, 0.717) is 5.56 Å². The Bertz CT molecular complexity index is 421. The van der Waals surface area contributed by atoms with Crippen LogP contribution in [0.3, 0.4) is 0 Å². The van der Waals surface area contributed by atoms with Crippen molar-refractivity contribution in [2.75, 3.05) is 6.61 Å². The number of ether oxygens (including phenoxy) is 1. The van der Waals surface area contributed by atoms with Gasteiger partial charge in [-0.15, -0.1) is 0 Å². The Morgan fingerprint density at radius 2 is 2.11 bits per heavy atom. The minimum atomic E-state index is -1.71. The molecule has 0 saturated heterocycles. The summed E-state index contributed by atoms with van der Waals surface area (Å²) in [6.07, 6.45) is -3.21. The molecule has 18 heavy (non-hydrogen) atoms. The van der Waals surface area contributed by atoms with Crippen molar-refractivity contribution >= 4 is 17.6 Å². The van der Waals surface area contributed by atoms with Crippen molar-refractivity contribution in [1.82, 2.24) is 0 Å². The predicted molar refractivity (Wildman–Crippen MR) is 65.0 cm³/mol. The summed E-state index contributed by atoms with van der Waals surface area (Å²) in [4.78, 5) is 11.3. The maximum atomic E-state index is 11.3. The fourth-order valence-electron chi connectivity index (χ4n) is 1.44. The van der Waals surface area contributed by atoms with Gasteiger partial charge in [0, 0.05) is 10.6 Å². The lowest BCUT2D eigenvalue weighted by Crippen LogP contribution is -2.30. The van der Waals surface area contributed by atoms with E-state index >= 15 is 0 Å². The molecule has 1 aromatic carbocycles. The number of hydrogen-bond donors (Lipinski definition) is 3. The van der Waals surface area contributed by atoms with Gasteiger partial charge in [0.25, 0.3) is 0 Å². The van der Waals surface area contributed by atoms with E-state index in [-0.39, 0.29) is 23.8 Å². The molecule has 1 aromatic rings. The highest BCUT2D eigenvalue weighted by Gasteiger charge is 2.28. The Kier molecular flexibility index (Phi) is 5.55. The molecule has 0 saturated carbocycles. The summed E-state index contributed by atoms with van der Waals surface area (Å²) < 4.78 is 4.60. The smallest absolute Gasteiger partial charge is 0.338 e. The Labute approximate surface area is 110 Å². The van der Waals surface area contributed by atoms with Gasteiger partial charge in [0.2, 0.25) is 0 Å². The van der Waals surface area contributed by atoms with E-state index in [1.807, 2.05) is 0 Å². The molecule has 0 bridgehead atoms. The highest BCUT2D eigenvalue weighted by atomic mass is 35.5. The lowest BCUT2D eigenvalue weighted by Gasteiger charge is -2.18. The number of benzene rings is 1. The normalized spacial score (nSPS) is 14.1. The van der Waals surface area contributed by atoms with Crippen molar-refractivity contribution in [3.8, 4) is 0 Å². The molecule has 0 radical (unpaired) electrons. The van der Waals surface area contributed by atoms with Gasteiger partial charge in [-0.25, -0.2) is 4.79 Å². The van der Waals surface area contributed by atoms with E-state index in [1.165, 1.54) is 12.1 Å². The number of hydrogen-bond acceptors (Lipinski definition) is 5. The summed E-state index contributed by atoms with van der Waals surface area (Å²) in [6.45, 7) is 1.47. The van der Waals surface area contributed by atoms with Crippen molar-refractivity contribution < 1.29 is 24.9 Å². The number of carbonyl (C=O) groups excluding carboxylic acids is 1. The first kappa shape index (κ1) is 14.9. The molecule has 0 aromatic heterocycles. The van der Waals surface area contributed by atoms with E-state index in [2.05, 4.69) is 4.74 Å². The zero-order valence-corrected chi connectivity index (χ0v) is 10.6. The highest BCUT2D eigenvalue weighted by molar-refractivity contribution is 6.31. The monoisotopic (exact) mass is 274 g/mol. The van der Waals surface area contributed by atoms with Gasteiger partial charge in [0.15, 0.2) is 6.10 Å². The standard InChI is InChI=1S/C12H15ClO5/c1-2-18-12(17)11(16)10(15)8-5-7(6-14)3-4-9(8)13/h3-5,10-11,14-16H,2,6H2,1H3. The highest BCUT2D eigenvalue weighted by Crippen LogP contribution is 2.27. The van der Waals surface area contributed by atoms with Crippen LogP contribution in [-0.4, -0.2) is 34.0 Å². The molecular formula is C12H15ClO5. The molecule has 0 spiro atoms. The molecule has 2 atom stereocenters. The third-order valence-electron chi connectivity index (χ3n) is 2.39. The second kappa shape index (κ2) is 6.70. The van der Waals surface area contributed by atoms with Gasteiger partial charge in [-0.3, -0.25) is 0 Å². The zero-order valence-electron chi connectivity index (χ0n) is 9.84. The first-order valence-corrected chi connectivity index (χ1v) is 5.81. The molecule has 6 heteroatoms. The number of carbonyl (C=O) groups is 1. The average molecular weight is 275 g/mol. The van der Waals surface area contributed by atoms with Gasteiger partial charge in [0.05, 0.1) is 13.2 Å². The molecule has 0 aliphatic heterocycles. The molecule has 0 fully saturated rings. The maximum absolute atomic E-state index is 11.3. The van der Waals surface area contributed by atoms with Gasteiger partial charge in [-0.2, -0.15) is 0 Å². The molecule has 2 unspecified atom stereocenters. The average Bonchev–Trinajstić information content (AvgIpc) is 2.38. The van der Waals surface area contributed by atoms with Crippen LogP contribution in [0.5, 0.6) is 0 Å². The van der Waals surface area contributed by atoms with Gasteiger partial charge in [-0.05, 0) is 24.6 Å². The maximum Gasteiger partial charge on any atom is 0.338 e. The lowest BCUT2D eigenvalue weighted by atomic mass is 10.0. The molecule has 0 heterocycles. The fourth-order valence-corrected chi connectivity index (χ4v) is 1.67. The van der Waals surface area contributed by atoms with Crippen LogP contribution in [0.15, 0.2) is 18.2 Å². The summed E-state index contributed by atoms with van der Waals surface area (Å²) in [5.74, 6) is -0.921. The molecule has 100 valence electrons. The van der Waals surface area contributed by atoms with Crippen LogP contribution in [0.25, 0.3) is 0 Å². The van der Waals surface area contributed by atoms with Gasteiger partial charge in [0.1, 0.15) is 6.10 Å². The molecular weight excluding hydrogens is 260 g/mol. The SMILES string of the molecule is CCOC(=O)C(O)C(O)c1cc(CO)ccc1Cl. The second-order valence-electron chi connectivity index (χ2n) is 3.66. The Morgan fingerprint density at radius 3 is 2.67 bits per heavy atom. The zero-order chi connectivity index (χ0) is 13.7. The molecule has 3 N–H and O–H groups in total. The van der Waals surface area contributed by atoms with Crippen LogP contribution >= 0.6 is 11.6 Å². The van der Waals surface area contributed by atoms with E-state index in [4.69, 9.17) is 16.7 Å². The van der Waals surface area contributed by atoms with Crippen LogP contribution in [-0.2, 0) is 16.1 Å². The van der Waals surface area contributed by atoms with E-state index in [9.17, 15) is 15.0 Å². The molecule has 0 amide bonds. The summed E-state index contributed by atoms with van der Waals surface area (Å²) in [7, 11) is 0. The number of rotatable bonds is 5. The first-order chi connectivity index (χ1) is 8.51. The van der Waals surface area contributed by atoms with Crippen molar-refractivity contribution in [2.45, 2.75) is 25.7 Å². The third kappa shape index (κ3) is 3.43. The second-order valence-corrected chi connectivity index (χ2v) is 4.06. The summed E-state index contributed by atoms with van der Waals surface area (Å²) in [5.41, 5.74) is 0.688. The fraction of sp³-hybridized carbons (Fsp3) is 0.417. The van der Waals surface area contributed by atoms with Crippen LogP contribution in [0.4, 0.5) is 0 Å².